The van der Waals surface area contributed by atoms with E-state index in [1.165, 1.54) is 16.9 Å². The summed E-state index contributed by atoms with van der Waals surface area (Å²) in [6.07, 6.45) is 6.54. The first-order valence-corrected chi connectivity index (χ1v) is 10.4. The van der Waals surface area contributed by atoms with Gasteiger partial charge >= 0.3 is 6.09 Å². The summed E-state index contributed by atoms with van der Waals surface area (Å²) >= 11 is 1.45. The van der Waals surface area contributed by atoms with Gasteiger partial charge in [0.05, 0.1) is 16.4 Å². The minimum atomic E-state index is -0.458. The van der Waals surface area contributed by atoms with Crippen LogP contribution in [0.1, 0.15) is 16.0 Å². The van der Waals surface area contributed by atoms with Gasteiger partial charge in [0.15, 0.2) is 0 Å². The highest BCUT2D eigenvalue weighted by Crippen LogP contribution is 2.09. The number of hydrogen-bond donors (Lipinski definition) is 2. The van der Waals surface area contributed by atoms with Gasteiger partial charge in [-0.05, 0) is 24.0 Å². The van der Waals surface area contributed by atoms with E-state index >= 15 is 0 Å². The summed E-state index contributed by atoms with van der Waals surface area (Å²) in [5.41, 5.74) is 10.3. The van der Waals surface area contributed by atoms with Gasteiger partial charge in [-0.15, -0.1) is 11.3 Å². The van der Waals surface area contributed by atoms with Gasteiger partial charge in [0, 0.05) is 12.2 Å². The van der Waals surface area contributed by atoms with Crippen molar-refractivity contribution in [2.24, 2.45) is 5.73 Å². The largest absolute Gasteiger partial charge is 0.444 e. The summed E-state index contributed by atoms with van der Waals surface area (Å²) in [4.78, 5) is 17.1. The Balaban J connectivity index is 1.59. The summed E-state index contributed by atoms with van der Waals surface area (Å²) in [7, 11) is 0. The number of aromatic nitrogens is 1. The molecule has 0 saturated carbocycles. The van der Waals surface area contributed by atoms with E-state index in [4.69, 9.17) is 10.5 Å². The standard InChI is InChI=1S/C23H25N3O2S/c24-20(13-18-7-3-1-4-8-18)11-12-21(14-19-9-5-2-6-10-19)26-23(27)28-16-22-15-25-17-29-22/h1-12,15,17,20-21H,13-14,16,24H2,(H,26,27)/b12-11+/t20-,21-/m1/s1. The van der Waals surface area contributed by atoms with Gasteiger partial charge in [-0.2, -0.15) is 0 Å². The molecule has 1 amide bonds. The first-order chi connectivity index (χ1) is 14.2. The smallest absolute Gasteiger partial charge is 0.407 e. The third-order valence-electron chi connectivity index (χ3n) is 4.34. The predicted molar refractivity (Wildman–Crippen MR) is 117 cm³/mol. The van der Waals surface area contributed by atoms with E-state index in [-0.39, 0.29) is 18.7 Å². The first kappa shape index (κ1) is 20.8. The molecular formula is C23H25N3O2S. The second-order valence-electron chi connectivity index (χ2n) is 6.72. The summed E-state index contributed by atoms with van der Waals surface area (Å²) in [5.74, 6) is 0. The van der Waals surface area contributed by atoms with Crippen molar-refractivity contribution in [2.75, 3.05) is 0 Å². The van der Waals surface area contributed by atoms with E-state index < -0.39 is 6.09 Å². The molecule has 0 bridgehead atoms. The fourth-order valence-corrected chi connectivity index (χ4v) is 3.42. The van der Waals surface area contributed by atoms with Crippen LogP contribution >= 0.6 is 11.3 Å². The zero-order valence-electron chi connectivity index (χ0n) is 16.1. The van der Waals surface area contributed by atoms with Crippen LogP contribution < -0.4 is 11.1 Å². The molecule has 150 valence electrons. The number of nitrogens with zero attached hydrogens (tertiary/aromatic N) is 1. The number of alkyl carbamates (subject to hydrolysis) is 1. The van der Waals surface area contributed by atoms with Gasteiger partial charge in [-0.25, -0.2) is 4.79 Å². The number of nitrogens with one attached hydrogen (secondary N) is 1. The Bertz CT molecular complexity index is 883. The van der Waals surface area contributed by atoms with Gasteiger partial charge < -0.3 is 15.8 Å². The van der Waals surface area contributed by atoms with E-state index in [1.807, 2.05) is 60.7 Å². The molecule has 29 heavy (non-hydrogen) atoms. The maximum Gasteiger partial charge on any atom is 0.407 e. The van der Waals surface area contributed by atoms with Crippen molar-refractivity contribution < 1.29 is 9.53 Å². The van der Waals surface area contributed by atoms with E-state index in [9.17, 15) is 4.79 Å². The minimum absolute atomic E-state index is 0.134. The van der Waals surface area contributed by atoms with Crippen LogP contribution in [0.4, 0.5) is 4.79 Å². The Kier molecular flexibility index (Phi) is 7.98. The normalized spacial score (nSPS) is 13.1. The molecule has 0 aliphatic heterocycles. The molecule has 3 rings (SSSR count). The molecule has 3 N–H and O–H groups in total. The molecule has 6 heteroatoms. The Morgan fingerprint density at radius 3 is 2.31 bits per heavy atom. The maximum atomic E-state index is 12.3. The predicted octanol–water partition coefficient (Wildman–Crippen LogP) is 4.11. The molecule has 2 aromatic carbocycles. The van der Waals surface area contributed by atoms with Crippen LogP contribution in [0.2, 0.25) is 0 Å². The van der Waals surface area contributed by atoms with Crippen LogP contribution in [0.3, 0.4) is 0 Å². The van der Waals surface area contributed by atoms with Crippen LogP contribution in [0.15, 0.2) is 84.5 Å². The summed E-state index contributed by atoms with van der Waals surface area (Å²) in [6.45, 7) is 0.214. The molecule has 0 fully saturated rings. The SMILES string of the molecule is N[C@H](/C=C/[C@H](Cc1ccccc1)NC(=O)OCc1cncs1)Cc1ccccc1. The van der Waals surface area contributed by atoms with Crippen LogP contribution in [0.25, 0.3) is 0 Å². The molecule has 1 aromatic heterocycles. The van der Waals surface area contributed by atoms with Crippen LogP contribution in [-0.2, 0) is 24.2 Å². The average Bonchev–Trinajstić information content (AvgIpc) is 3.26. The molecular weight excluding hydrogens is 382 g/mol. The lowest BCUT2D eigenvalue weighted by molar-refractivity contribution is 0.138. The second kappa shape index (κ2) is 11.1. The fraction of sp³-hybridized carbons (Fsp3) is 0.217. The average molecular weight is 408 g/mol. The second-order valence-corrected chi connectivity index (χ2v) is 7.69. The molecule has 0 radical (unpaired) electrons. The number of benzene rings is 2. The number of carbonyl (C=O) groups excluding carboxylic acids is 1. The third-order valence-corrected chi connectivity index (χ3v) is 5.09. The fourth-order valence-electron chi connectivity index (χ4n) is 2.91. The van der Waals surface area contributed by atoms with E-state index in [2.05, 4.69) is 22.4 Å². The Hall–Kier alpha value is -2.96. The molecule has 0 saturated heterocycles. The van der Waals surface area contributed by atoms with E-state index in [0.717, 1.165) is 16.9 Å². The van der Waals surface area contributed by atoms with Crippen LogP contribution in [-0.4, -0.2) is 23.2 Å². The molecule has 5 nitrogen and oxygen atoms in total. The minimum Gasteiger partial charge on any atom is -0.444 e. The van der Waals surface area contributed by atoms with Crippen molar-refractivity contribution in [2.45, 2.75) is 31.5 Å². The Morgan fingerprint density at radius 2 is 1.69 bits per heavy atom. The van der Waals surface area contributed by atoms with Gasteiger partial charge in [0.1, 0.15) is 6.61 Å². The lowest BCUT2D eigenvalue weighted by Gasteiger charge is -2.16. The molecule has 2 atom stereocenters. The van der Waals surface area contributed by atoms with Gasteiger partial charge in [0.25, 0.3) is 0 Å². The molecule has 0 spiro atoms. The van der Waals surface area contributed by atoms with Crippen molar-refractivity contribution >= 4 is 17.4 Å². The van der Waals surface area contributed by atoms with Crippen LogP contribution in [0.5, 0.6) is 0 Å². The third kappa shape index (κ3) is 7.52. The number of thiazole rings is 1. The molecule has 0 unspecified atom stereocenters. The van der Waals surface area contributed by atoms with E-state index in [0.29, 0.717) is 6.42 Å². The topological polar surface area (TPSA) is 77.2 Å². The molecule has 3 aromatic rings. The van der Waals surface area contributed by atoms with Crippen molar-refractivity contribution in [3.63, 3.8) is 0 Å². The monoisotopic (exact) mass is 407 g/mol. The maximum absolute atomic E-state index is 12.3. The van der Waals surface area contributed by atoms with Crippen LogP contribution in [0, 0.1) is 0 Å². The summed E-state index contributed by atoms with van der Waals surface area (Å²) < 4.78 is 5.31. The summed E-state index contributed by atoms with van der Waals surface area (Å²) in [6, 6.07) is 19.8. The Labute approximate surface area is 175 Å². The van der Waals surface area contributed by atoms with Gasteiger partial charge in [-0.3, -0.25) is 4.98 Å². The van der Waals surface area contributed by atoms with Crippen molar-refractivity contribution in [3.8, 4) is 0 Å². The molecule has 0 aliphatic carbocycles. The van der Waals surface area contributed by atoms with Crippen molar-refractivity contribution in [1.82, 2.24) is 10.3 Å². The summed E-state index contributed by atoms with van der Waals surface area (Å²) in [5, 5.41) is 2.93. The number of nitrogens with two attached hydrogens (primary N) is 1. The lowest BCUT2D eigenvalue weighted by atomic mass is 10.0. The van der Waals surface area contributed by atoms with Gasteiger partial charge in [-0.1, -0.05) is 72.8 Å². The first-order valence-electron chi connectivity index (χ1n) is 9.51. The number of rotatable bonds is 9. The van der Waals surface area contributed by atoms with E-state index in [1.54, 1.807) is 11.7 Å². The molecule has 0 aliphatic rings. The highest BCUT2D eigenvalue weighted by Gasteiger charge is 2.12. The zero-order valence-corrected chi connectivity index (χ0v) is 16.9. The zero-order chi connectivity index (χ0) is 20.3. The molecule has 1 heterocycles. The Morgan fingerprint density at radius 1 is 1.03 bits per heavy atom. The van der Waals surface area contributed by atoms with Crippen molar-refractivity contribution in [3.05, 3.63) is 101 Å². The highest BCUT2D eigenvalue weighted by atomic mass is 32.1. The lowest BCUT2D eigenvalue weighted by Crippen LogP contribution is -2.36. The number of carbonyl (C=O) groups is 1. The number of hydrogen-bond acceptors (Lipinski definition) is 5. The number of amides is 1. The van der Waals surface area contributed by atoms with Gasteiger partial charge in [0.2, 0.25) is 0 Å². The quantitative estimate of drug-likeness (QED) is 0.524. The number of ether oxygens (including phenoxy) is 1. The van der Waals surface area contributed by atoms with Crippen molar-refractivity contribution in [1.29, 1.82) is 0 Å². The highest BCUT2D eigenvalue weighted by molar-refractivity contribution is 7.09.